The Morgan fingerprint density at radius 2 is 1.80 bits per heavy atom. The quantitative estimate of drug-likeness (QED) is 0.659. The third kappa shape index (κ3) is 2.91. The van der Waals surface area contributed by atoms with Crippen LogP contribution in [-0.4, -0.2) is 12.9 Å². The first kappa shape index (κ1) is 13.9. The maximum absolute atomic E-state index is 11.3. The van der Waals surface area contributed by atoms with Crippen LogP contribution < -0.4 is 15.8 Å². The monoisotopic (exact) mass is 270 g/mol. The Morgan fingerprint density at radius 3 is 2.35 bits per heavy atom. The Hall–Kier alpha value is -2.49. The van der Waals surface area contributed by atoms with Crippen LogP contribution in [0.4, 0.5) is 17.1 Å². The summed E-state index contributed by atoms with van der Waals surface area (Å²) in [6, 6.07) is 11.2. The lowest BCUT2D eigenvalue weighted by atomic mass is 10.1. The number of ketones is 1. The van der Waals surface area contributed by atoms with Crippen LogP contribution in [0.3, 0.4) is 0 Å². The van der Waals surface area contributed by atoms with E-state index in [1.807, 2.05) is 31.2 Å². The predicted molar refractivity (Wildman–Crippen MR) is 81.9 cm³/mol. The van der Waals surface area contributed by atoms with Crippen molar-refractivity contribution < 1.29 is 9.53 Å². The molecule has 20 heavy (non-hydrogen) atoms. The van der Waals surface area contributed by atoms with Crippen LogP contribution in [0.1, 0.15) is 22.8 Å². The fourth-order valence-electron chi connectivity index (χ4n) is 2.08. The SMILES string of the molecule is COc1ccc(Nc2ccc(C(C)=O)c(N)c2)cc1C. The van der Waals surface area contributed by atoms with E-state index in [9.17, 15) is 4.79 Å². The molecule has 4 nitrogen and oxygen atoms in total. The van der Waals surface area contributed by atoms with E-state index in [1.54, 1.807) is 19.2 Å². The predicted octanol–water partition coefficient (Wildman–Crippen LogP) is 3.53. The molecule has 0 radical (unpaired) electrons. The van der Waals surface area contributed by atoms with Gasteiger partial charge in [-0.1, -0.05) is 0 Å². The molecule has 104 valence electrons. The standard InChI is InChI=1S/C16H18N2O2/c1-10-8-12(5-7-16(10)20-3)18-13-4-6-14(11(2)19)15(17)9-13/h4-9,18H,17H2,1-3H3. The first-order chi connectivity index (χ1) is 9.51. The number of rotatable bonds is 4. The molecule has 0 saturated carbocycles. The number of aryl methyl sites for hydroxylation is 1. The second-order valence-electron chi connectivity index (χ2n) is 4.67. The second kappa shape index (κ2) is 5.65. The largest absolute Gasteiger partial charge is 0.496 e. The molecule has 0 bridgehead atoms. The van der Waals surface area contributed by atoms with Crippen molar-refractivity contribution in [1.29, 1.82) is 0 Å². The highest BCUT2D eigenvalue weighted by Gasteiger charge is 2.06. The van der Waals surface area contributed by atoms with Gasteiger partial charge in [-0.15, -0.1) is 0 Å². The number of ether oxygens (including phenoxy) is 1. The number of nitrogens with one attached hydrogen (secondary N) is 1. The lowest BCUT2D eigenvalue weighted by Gasteiger charge is -2.11. The summed E-state index contributed by atoms with van der Waals surface area (Å²) in [6.45, 7) is 3.49. The van der Waals surface area contributed by atoms with Crippen molar-refractivity contribution in [3.63, 3.8) is 0 Å². The summed E-state index contributed by atoms with van der Waals surface area (Å²) in [5, 5.41) is 3.26. The van der Waals surface area contributed by atoms with Gasteiger partial charge in [0.05, 0.1) is 7.11 Å². The molecule has 0 spiro atoms. The summed E-state index contributed by atoms with van der Waals surface area (Å²) in [5.74, 6) is 0.816. The number of nitrogen functional groups attached to an aromatic ring is 1. The Morgan fingerprint density at radius 1 is 1.15 bits per heavy atom. The summed E-state index contributed by atoms with van der Waals surface area (Å²) < 4.78 is 5.23. The molecule has 0 fully saturated rings. The summed E-state index contributed by atoms with van der Waals surface area (Å²) >= 11 is 0. The van der Waals surface area contributed by atoms with Crippen molar-refractivity contribution in [2.24, 2.45) is 0 Å². The maximum Gasteiger partial charge on any atom is 0.161 e. The lowest BCUT2D eigenvalue weighted by Crippen LogP contribution is -2.01. The van der Waals surface area contributed by atoms with Crippen LogP contribution in [-0.2, 0) is 0 Å². The molecular weight excluding hydrogens is 252 g/mol. The minimum Gasteiger partial charge on any atom is -0.496 e. The van der Waals surface area contributed by atoms with E-state index in [4.69, 9.17) is 10.5 Å². The number of Topliss-reactive ketones (excluding diaryl/α,β-unsaturated/α-hetero) is 1. The third-order valence-electron chi connectivity index (χ3n) is 3.11. The molecule has 2 aromatic carbocycles. The highest BCUT2D eigenvalue weighted by atomic mass is 16.5. The number of anilines is 3. The topological polar surface area (TPSA) is 64.3 Å². The fourth-order valence-corrected chi connectivity index (χ4v) is 2.08. The first-order valence-electron chi connectivity index (χ1n) is 6.33. The van der Waals surface area contributed by atoms with E-state index in [-0.39, 0.29) is 5.78 Å². The fraction of sp³-hybridized carbons (Fsp3) is 0.188. The van der Waals surface area contributed by atoms with Gasteiger partial charge in [-0.3, -0.25) is 4.79 Å². The molecule has 0 aromatic heterocycles. The number of hydrogen-bond acceptors (Lipinski definition) is 4. The Balaban J connectivity index is 2.24. The van der Waals surface area contributed by atoms with Crippen molar-refractivity contribution in [2.75, 3.05) is 18.2 Å². The Labute approximate surface area is 118 Å². The molecule has 0 saturated heterocycles. The van der Waals surface area contributed by atoms with E-state index in [0.717, 1.165) is 22.7 Å². The average Bonchev–Trinajstić information content (AvgIpc) is 2.38. The number of benzene rings is 2. The van der Waals surface area contributed by atoms with Gasteiger partial charge in [0.2, 0.25) is 0 Å². The van der Waals surface area contributed by atoms with Crippen molar-refractivity contribution >= 4 is 22.8 Å². The zero-order valence-corrected chi connectivity index (χ0v) is 11.9. The zero-order chi connectivity index (χ0) is 14.7. The number of carbonyl (C=O) groups excluding carboxylic acids is 1. The van der Waals surface area contributed by atoms with Crippen molar-refractivity contribution in [3.8, 4) is 5.75 Å². The van der Waals surface area contributed by atoms with E-state index < -0.39 is 0 Å². The van der Waals surface area contributed by atoms with E-state index in [0.29, 0.717) is 11.3 Å². The first-order valence-corrected chi connectivity index (χ1v) is 6.33. The van der Waals surface area contributed by atoms with Crippen LogP contribution >= 0.6 is 0 Å². The molecule has 3 N–H and O–H groups in total. The smallest absolute Gasteiger partial charge is 0.161 e. The van der Waals surface area contributed by atoms with Gasteiger partial charge in [0.25, 0.3) is 0 Å². The molecule has 0 amide bonds. The number of hydrogen-bond donors (Lipinski definition) is 2. The van der Waals surface area contributed by atoms with Gasteiger partial charge in [0.1, 0.15) is 5.75 Å². The minimum atomic E-state index is -0.0330. The summed E-state index contributed by atoms with van der Waals surface area (Å²) in [7, 11) is 1.65. The van der Waals surface area contributed by atoms with Crippen LogP contribution in [0.15, 0.2) is 36.4 Å². The molecule has 0 unspecified atom stereocenters. The maximum atomic E-state index is 11.3. The van der Waals surface area contributed by atoms with E-state index in [1.165, 1.54) is 6.92 Å². The van der Waals surface area contributed by atoms with Gasteiger partial charge < -0.3 is 15.8 Å². The van der Waals surface area contributed by atoms with Gasteiger partial charge in [-0.05, 0) is 55.8 Å². The summed E-state index contributed by atoms with van der Waals surface area (Å²) in [5.41, 5.74) is 9.73. The minimum absolute atomic E-state index is 0.0330. The summed E-state index contributed by atoms with van der Waals surface area (Å²) in [4.78, 5) is 11.3. The van der Waals surface area contributed by atoms with Gasteiger partial charge >= 0.3 is 0 Å². The van der Waals surface area contributed by atoms with Crippen LogP contribution in [0.5, 0.6) is 5.75 Å². The zero-order valence-electron chi connectivity index (χ0n) is 11.9. The lowest BCUT2D eigenvalue weighted by molar-refractivity contribution is 0.101. The summed E-state index contributed by atoms with van der Waals surface area (Å²) in [6.07, 6.45) is 0. The van der Waals surface area contributed by atoms with Gasteiger partial charge in [-0.25, -0.2) is 0 Å². The third-order valence-corrected chi connectivity index (χ3v) is 3.11. The number of nitrogens with two attached hydrogens (primary N) is 1. The molecule has 4 heteroatoms. The average molecular weight is 270 g/mol. The van der Waals surface area contributed by atoms with E-state index >= 15 is 0 Å². The molecular formula is C16H18N2O2. The molecule has 2 rings (SSSR count). The van der Waals surface area contributed by atoms with Crippen LogP contribution in [0.25, 0.3) is 0 Å². The van der Waals surface area contributed by atoms with Crippen LogP contribution in [0.2, 0.25) is 0 Å². The van der Waals surface area contributed by atoms with Gasteiger partial charge in [0.15, 0.2) is 5.78 Å². The molecule has 0 aliphatic rings. The van der Waals surface area contributed by atoms with Gasteiger partial charge in [-0.2, -0.15) is 0 Å². The molecule has 0 aliphatic heterocycles. The number of methoxy groups -OCH3 is 1. The Bertz CT molecular complexity index is 651. The molecule has 0 heterocycles. The van der Waals surface area contributed by atoms with Crippen molar-refractivity contribution in [2.45, 2.75) is 13.8 Å². The second-order valence-corrected chi connectivity index (χ2v) is 4.67. The molecule has 0 atom stereocenters. The Kier molecular flexibility index (Phi) is 3.94. The normalized spacial score (nSPS) is 10.2. The van der Waals surface area contributed by atoms with E-state index in [2.05, 4.69) is 5.32 Å². The molecule has 2 aromatic rings. The highest BCUT2D eigenvalue weighted by Crippen LogP contribution is 2.26. The van der Waals surface area contributed by atoms with Crippen LogP contribution in [0, 0.1) is 6.92 Å². The van der Waals surface area contributed by atoms with Gasteiger partial charge in [0, 0.05) is 22.6 Å². The number of carbonyl (C=O) groups is 1. The highest BCUT2D eigenvalue weighted by molar-refractivity contribution is 5.99. The molecule has 0 aliphatic carbocycles. The van der Waals surface area contributed by atoms with Crippen molar-refractivity contribution in [3.05, 3.63) is 47.5 Å². The van der Waals surface area contributed by atoms with Crippen molar-refractivity contribution in [1.82, 2.24) is 0 Å².